The van der Waals surface area contributed by atoms with E-state index in [4.69, 9.17) is 10.5 Å². The summed E-state index contributed by atoms with van der Waals surface area (Å²) < 4.78 is 5.14. The summed E-state index contributed by atoms with van der Waals surface area (Å²) in [4.78, 5) is 25.1. The van der Waals surface area contributed by atoms with Crippen LogP contribution in [-0.4, -0.2) is 64.7 Å². The molecule has 1 aromatic heterocycles. The van der Waals surface area contributed by atoms with E-state index in [0.717, 1.165) is 64.1 Å². The number of nitrogens with two attached hydrogens (primary N) is 1. The highest BCUT2D eigenvalue weighted by molar-refractivity contribution is 5.67. The van der Waals surface area contributed by atoms with Gasteiger partial charge in [-0.25, -0.2) is 14.8 Å². The molecule has 2 aliphatic heterocycles. The molecule has 1 aromatic rings. The SMILES string of the molecule is CCOC(=O)N1CCCC(N2CCC(c3nccc(N)n3)CC2)CC1. The molecule has 7 nitrogen and oxygen atoms in total. The number of nitrogens with zero attached hydrogens (tertiary/aromatic N) is 4. The summed E-state index contributed by atoms with van der Waals surface area (Å²) in [6.07, 6.45) is 6.94. The minimum Gasteiger partial charge on any atom is -0.450 e. The van der Waals surface area contributed by atoms with Crippen molar-refractivity contribution in [3.63, 3.8) is 0 Å². The second-order valence-corrected chi connectivity index (χ2v) is 6.92. The second-order valence-electron chi connectivity index (χ2n) is 6.92. The van der Waals surface area contributed by atoms with E-state index in [9.17, 15) is 4.79 Å². The third-order valence-corrected chi connectivity index (χ3v) is 5.33. The normalized spacial score (nSPS) is 23.2. The topological polar surface area (TPSA) is 84.6 Å². The van der Waals surface area contributed by atoms with E-state index >= 15 is 0 Å². The van der Waals surface area contributed by atoms with Crippen LogP contribution in [0.5, 0.6) is 0 Å². The molecule has 138 valence electrons. The number of anilines is 1. The van der Waals surface area contributed by atoms with Crippen molar-refractivity contribution in [1.29, 1.82) is 0 Å². The highest BCUT2D eigenvalue weighted by atomic mass is 16.6. The van der Waals surface area contributed by atoms with Crippen LogP contribution < -0.4 is 5.73 Å². The van der Waals surface area contributed by atoms with Crippen molar-refractivity contribution < 1.29 is 9.53 Å². The first-order valence-electron chi connectivity index (χ1n) is 9.41. The van der Waals surface area contributed by atoms with Crippen LogP contribution in [0, 0.1) is 0 Å². The Kier molecular flexibility index (Phi) is 6.07. The molecular formula is C18H29N5O2. The van der Waals surface area contributed by atoms with Gasteiger partial charge in [-0.3, -0.25) is 0 Å². The number of rotatable bonds is 3. The maximum Gasteiger partial charge on any atom is 0.409 e. The van der Waals surface area contributed by atoms with Crippen LogP contribution in [0.25, 0.3) is 0 Å². The van der Waals surface area contributed by atoms with Gasteiger partial charge in [-0.05, 0) is 58.2 Å². The van der Waals surface area contributed by atoms with Crippen LogP contribution in [0.4, 0.5) is 10.6 Å². The van der Waals surface area contributed by atoms with Gasteiger partial charge >= 0.3 is 6.09 Å². The predicted molar refractivity (Wildman–Crippen MR) is 96.2 cm³/mol. The van der Waals surface area contributed by atoms with Crippen molar-refractivity contribution in [2.75, 3.05) is 38.5 Å². The Bertz CT molecular complexity index is 574. The van der Waals surface area contributed by atoms with Gasteiger partial charge in [-0.1, -0.05) is 0 Å². The van der Waals surface area contributed by atoms with Crippen molar-refractivity contribution >= 4 is 11.9 Å². The van der Waals surface area contributed by atoms with Gasteiger partial charge in [0.15, 0.2) is 0 Å². The Morgan fingerprint density at radius 1 is 1.24 bits per heavy atom. The van der Waals surface area contributed by atoms with Crippen LogP contribution in [0.3, 0.4) is 0 Å². The fourth-order valence-corrected chi connectivity index (χ4v) is 3.95. The maximum absolute atomic E-state index is 11.9. The van der Waals surface area contributed by atoms with E-state index in [1.165, 1.54) is 0 Å². The molecule has 2 N–H and O–H groups in total. The van der Waals surface area contributed by atoms with Crippen LogP contribution >= 0.6 is 0 Å². The summed E-state index contributed by atoms with van der Waals surface area (Å²) in [5.41, 5.74) is 5.78. The van der Waals surface area contributed by atoms with E-state index in [2.05, 4.69) is 14.9 Å². The molecule has 0 spiro atoms. The summed E-state index contributed by atoms with van der Waals surface area (Å²) in [5.74, 6) is 1.84. The number of ether oxygens (including phenoxy) is 1. The molecule has 0 aliphatic carbocycles. The van der Waals surface area contributed by atoms with Gasteiger partial charge in [0.1, 0.15) is 11.6 Å². The molecule has 0 aromatic carbocycles. The summed E-state index contributed by atoms with van der Waals surface area (Å²) in [6, 6.07) is 2.29. The van der Waals surface area contributed by atoms with Crippen LogP contribution in [0.2, 0.25) is 0 Å². The summed E-state index contributed by atoms with van der Waals surface area (Å²) in [5, 5.41) is 0. The fraction of sp³-hybridized carbons (Fsp3) is 0.722. The van der Waals surface area contributed by atoms with Gasteiger partial charge in [0, 0.05) is 31.2 Å². The summed E-state index contributed by atoms with van der Waals surface area (Å²) >= 11 is 0. The lowest BCUT2D eigenvalue weighted by molar-refractivity contribution is 0.105. The fourth-order valence-electron chi connectivity index (χ4n) is 3.95. The van der Waals surface area contributed by atoms with Gasteiger partial charge in [0.25, 0.3) is 0 Å². The van der Waals surface area contributed by atoms with E-state index < -0.39 is 0 Å². The Morgan fingerprint density at radius 2 is 2.04 bits per heavy atom. The minimum absolute atomic E-state index is 0.166. The molecule has 0 saturated carbocycles. The van der Waals surface area contributed by atoms with E-state index in [-0.39, 0.29) is 6.09 Å². The zero-order chi connectivity index (χ0) is 17.6. The molecule has 2 aliphatic rings. The largest absolute Gasteiger partial charge is 0.450 e. The van der Waals surface area contributed by atoms with Crippen molar-refractivity contribution in [2.24, 2.45) is 0 Å². The average molecular weight is 347 g/mol. The third-order valence-electron chi connectivity index (χ3n) is 5.33. The van der Waals surface area contributed by atoms with Gasteiger partial charge < -0.3 is 20.3 Å². The summed E-state index contributed by atoms with van der Waals surface area (Å²) in [7, 11) is 0. The zero-order valence-corrected chi connectivity index (χ0v) is 15.1. The zero-order valence-electron chi connectivity index (χ0n) is 15.1. The Balaban J connectivity index is 1.50. The first-order chi connectivity index (χ1) is 12.2. The number of nitrogen functional groups attached to an aromatic ring is 1. The highest BCUT2D eigenvalue weighted by Gasteiger charge is 2.29. The van der Waals surface area contributed by atoms with Crippen LogP contribution in [-0.2, 0) is 4.74 Å². The molecule has 0 bridgehead atoms. The Hall–Kier alpha value is -1.89. The Labute approximate surface area is 149 Å². The first-order valence-corrected chi connectivity index (χ1v) is 9.41. The standard InChI is InChI=1S/C18H29N5O2/c1-2-25-18(24)23-10-3-4-15(8-13-23)22-11-6-14(7-12-22)17-20-9-5-16(19)21-17/h5,9,14-15H,2-4,6-8,10-13H2,1H3,(H2,19,20,21). The van der Waals surface area contributed by atoms with E-state index in [1.807, 2.05) is 11.8 Å². The quantitative estimate of drug-likeness (QED) is 0.903. The predicted octanol–water partition coefficient (Wildman–Crippen LogP) is 2.25. The minimum atomic E-state index is -0.166. The van der Waals surface area contributed by atoms with Crippen molar-refractivity contribution in [3.05, 3.63) is 18.1 Å². The Morgan fingerprint density at radius 3 is 2.76 bits per heavy atom. The van der Waals surface area contributed by atoms with Gasteiger partial charge in [0.2, 0.25) is 0 Å². The van der Waals surface area contributed by atoms with Crippen molar-refractivity contribution in [2.45, 2.75) is 51.0 Å². The lowest BCUT2D eigenvalue weighted by atomic mass is 9.93. The number of carbonyl (C=O) groups is 1. The summed E-state index contributed by atoms with van der Waals surface area (Å²) in [6.45, 7) is 6.02. The molecule has 1 unspecified atom stereocenters. The molecule has 2 saturated heterocycles. The van der Waals surface area contributed by atoms with Gasteiger partial charge in [-0.2, -0.15) is 0 Å². The van der Waals surface area contributed by atoms with E-state index in [0.29, 0.717) is 24.4 Å². The maximum atomic E-state index is 11.9. The number of carbonyl (C=O) groups excluding carboxylic acids is 1. The molecule has 7 heteroatoms. The molecular weight excluding hydrogens is 318 g/mol. The number of aromatic nitrogens is 2. The first kappa shape index (κ1) is 17.9. The molecule has 3 heterocycles. The van der Waals surface area contributed by atoms with Crippen LogP contribution in [0.1, 0.15) is 50.8 Å². The number of likely N-dealkylation sites (tertiary alicyclic amines) is 2. The van der Waals surface area contributed by atoms with E-state index in [1.54, 1.807) is 12.3 Å². The average Bonchev–Trinajstić information content (AvgIpc) is 2.88. The third kappa shape index (κ3) is 4.60. The lowest BCUT2D eigenvalue weighted by Crippen LogP contribution is -2.42. The van der Waals surface area contributed by atoms with Crippen LogP contribution in [0.15, 0.2) is 12.3 Å². The number of hydrogen-bond donors (Lipinski definition) is 1. The number of piperidine rings is 1. The van der Waals surface area contributed by atoms with Crippen molar-refractivity contribution in [3.8, 4) is 0 Å². The lowest BCUT2D eigenvalue weighted by Gasteiger charge is -2.36. The molecule has 3 rings (SSSR count). The molecule has 1 amide bonds. The second kappa shape index (κ2) is 8.47. The molecule has 0 radical (unpaired) electrons. The molecule has 2 fully saturated rings. The smallest absolute Gasteiger partial charge is 0.409 e. The van der Waals surface area contributed by atoms with Gasteiger partial charge in [0.05, 0.1) is 6.61 Å². The molecule has 25 heavy (non-hydrogen) atoms. The van der Waals surface area contributed by atoms with Gasteiger partial charge in [-0.15, -0.1) is 0 Å². The molecule has 1 atom stereocenters. The number of amides is 1. The monoisotopic (exact) mass is 347 g/mol. The van der Waals surface area contributed by atoms with Crippen molar-refractivity contribution in [1.82, 2.24) is 19.8 Å². The number of hydrogen-bond acceptors (Lipinski definition) is 6. The highest BCUT2D eigenvalue weighted by Crippen LogP contribution is 2.29.